The van der Waals surface area contributed by atoms with Crippen LogP contribution >= 0.6 is 11.6 Å². The normalized spacial score (nSPS) is 14.0. The summed E-state index contributed by atoms with van der Waals surface area (Å²) in [7, 11) is 4.09. The quantitative estimate of drug-likeness (QED) is 0.222. The lowest BCUT2D eigenvalue weighted by molar-refractivity contribution is 0.0923. The Labute approximate surface area is 250 Å². The van der Waals surface area contributed by atoms with Gasteiger partial charge in [0.15, 0.2) is 0 Å². The summed E-state index contributed by atoms with van der Waals surface area (Å²) < 4.78 is 12.1. The van der Waals surface area contributed by atoms with Gasteiger partial charge in [-0.25, -0.2) is 4.98 Å². The van der Waals surface area contributed by atoms with Crippen molar-refractivity contribution < 1.29 is 14.3 Å². The molecule has 1 aromatic heterocycles. The maximum atomic E-state index is 13.3. The second-order valence-electron chi connectivity index (χ2n) is 11.7. The molecule has 41 heavy (non-hydrogen) atoms. The molecule has 1 amide bonds. The molecule has 7 heteroatoms. The number of aryl methyl sites for hydroxylation is 1. The van der Waals surface area contributed by atoms with E-state index in [1.807, 2.05) is 50.5 Å². The van der Waals surface area contributed by atoms with Crippen molar-refractivity contribution in [2.45, 2.75) is 65.3 Å². The molecule has 1 aliphatic rings. The van der Waals surface area contributed by atoms with E-state index in [1.165, 1.54) is 6.42 Å². The summed E-state index contributed by atoms with van der Waals surface area (Å²) in [5.74, 6) is 1.71. The standard InChI is InChI=1S/C34H44ClN3O3/c1-23(2)22-41-27-14-12-24(3)29(21-27)28-15-17-31(34(39)36-26-10-7-6-8-11-26)37-33(28)25-13-16-30(35)32(20-25)40-19-9-18-38(4)5/h12-17,20-21,23,26H,6-11,18-19,22H2,1-5H3,(H,36,39). The zero-order valence-corrected chi connectivity index (χ0v) is 25.9. The molecular weight excluding hydrogens is 534 g/mol. The second kappa shape index (κ2) is 14.7. The Balaban J connectivity index is 1.72. The van der Waals surface area contributed by atoms with Gasteiger partial charge in [0.1, 0.15) is 17.2 Å². The number of ether oxygens (including phenoxy) is 2. The van der Waals surface area contributed by atoms with Crippen LogP contribution in [0.5, 0.6) is 11.5 Å². The number of benzene rings is 2. The van der Waals surface area contributed by atoms with E-state index in [2.05, 4.69) is 43.1 Å². The number of rotatable bonds is 12. The molecule has 2 aromatic carbocycles. The Hall–Kier alpha value is -3.09. The largest absolute Gasteiger partial charge is 0.493 e. The van der Waals surface area contributed by atoms with Crippen molar-refractivity contribution in [3.8, 4) is 33.9 Å². The van der Waals surface area contributed by atoms with Crippen LogP contribution in [0.4, 0.5) is 0 Å². The van der Waals surface area contributed by atoms with Gasteiger partial charge in [-0.2, -0.15) is 0 Å². The molecule has 0 bridgehead atoms. The number of hydrogen-bond donors (Lipinski definition) is 1. The van der Waals surface area contributed by atoms with Crippen molar-refractivity contribution in [3.05, 3.63) is 64.8 Å². The third kappa shape index (κ3) is 8.70. The SMILES string of the molecule is Cc1ccc(OCC(C)C)cc1-c1ccc(C(=O)NC2CCCCC2)nc1-c1ccc(Cl)c(OCCCN(C)C)c1. The van der Waals surface area contributed by atoms with Crippen LogP contribution in [-0.2, 0) is 0 Å². The Morgan fingerprint density at radius 3 is 2.54 bits per heavy atom. The topological polar surface area (TPSA) is 63.7 Å². The van der Waals surface area contributed by atoms with E-state index in [-0.39, 0.29) is 11.9 Å². The van der Waals surface area contributed by atoms with Gasteiger partial charge in [-0.15, -0.1) is 0 Å². The summed E-state index contributed by atoms with van der Waals surface area (Å²) in [5, 5.41) is 3.76. The zero-order chi connectivity index (χ0) is 29.4. The summed E-state index contributed by atoms with van der Waals surface area (Å²) in [5.41, 5.74) is 4.98. The summed E-state index contributed by atoms with van der Waals surface area (Å²) in [4.78, 5) is 20.4. The highest BCUT2D eigenvalue weighted by molar-refractivity contribution is 6.32. The first-order valence-electron chi connectivity index (χ1n) is 14.8. The van der Waals surface area contributed by atoms with E-state index < -0.39 is 0 Å². The van der Waals surface area contributed by atoms with Gasteiger partial charge in [-0.1, -0.05) is 56.8 Å². The van der Waals surface area contributed by atoms with Gasteiger partial charge in [0.2, 0.25) is 0 Å². The van der Waals surface area contributed by atoms with Crippen LogP contribution < -0.4 is 14.8 Å². The summed E-state index contributed by atoms with van der Waals surface area (Å²) in [6.07, 6.45) is 6.46. The number of amides is 1. The first kappa shape index (κ1) is 30.9. The fraction of sp³-hybridized carbons (Fsp3) is 0.471. The fourth-order valence-electron chi connectivity index (χ4n) is 5.10. The van der Waals surface area contributed by atoms with Gasteiger partial charge in [0.25, 0.3) is 5.91 Å². The molecule has 0 radical (unpaired) electrons. The third-order valence-electron chi connectivity index (χ3n) is 7.36. The molecule has 0 spiro atoms. The van der Waals surface area contributed by atoms with Crippen LogP contribution in [0.3, 0.4) is 0 Å². The highest BCUT2D eigenvalue weighted by atomic mass is 35.5. The Morgan fingerprint density at radius 2 is 1.80 bits per heavy atom. The predicted octanol–water partition coefficient (Wildman–Crippen LogP) is 7.81. The molecule has 4 rings (SSSR count). The molecule has 1 heterocycles. The maximum absolute atomic E-state index is 13.3. The number of hydrogen-bond acceptors (Lipinski definition) is 5. The number of nitrogens with zero attached hydrogens (tertiary/aromatic N) is 2. The minimum atomic E-state index is -0.135. The smallest absolute Gasteiger partial charge is 0.270 e. The maximum Gasteiger partial charge on any atom is 0.270 e. The lowest BCUT2D eigenvalue weighted by Gasteiger charge is -2.23. The van der Waals surface area contributed by atoms with Crippen LogP contribution in [0.1, 0.15) is 68.4 Å². The van der Waals surface area contributed by atoms with Gasteiger partial charge in [0, 0.05) is 23.7 Å². The number of halogens is 1. The second-order valence-corrected chi connectivity index (χ2v) is 12.1. The molecule has 1 aliphatic carbocycles. The molecular formula is C34H44ClN3O3. The van der Waals surface area contributed by atoms with Crippen molar-refractivity contribution in [1.29, 1.82) is 0 Å². The van der Waals surface area contributed by atoms with E-state index in [1.54, 1.807) is 0 Å². The van der Waals surface area contributed by atoms with Gasteiger partial charge < -0.3 is 19.7 Å². The zero-order valence-electron chi connectivity index (χ0n) is 25.1. The average molecular weight is 578 g/mol. The average Bonchev–Trinajstić information content (AvgIpc) is 2.96. The van der Waals surface area contributed by atoms with Gasteiger partial charge in [-0.3, -0.25) is 4.79 Å². The van der Waals surface area contributed by atoms with E-state index in [0.717, 1.165) is 66.7 Å². The molecule has 6 nitrogen and oxygen atoms in total. The molecule has 0 saturated heterocycles. The Bertz CT molecular complexity index is 1320. The summed E-state index contributed by atoms with van der Waals surface area (Å²) in [6.45, 7) is 8.47. The van der Waals surface area contributed by atoms with Crippen LogP contribution in [0.25, 0.3) is 22.4 Å². The molecule has 0 atom stereocenters. The number of carbonyl (C=O) groups excluding carboxylic acids is 1. The third-order valence-corrected chi connectivity index (χ3v) is 7.67. The molecule has 1 fully saturated rings. The number of aromatic nitrogens is 1. The highest BCUT2D eigenvalue weighted by Gasteiger charge is 2.21. The summed E-state index contributed by atoms with van der Waals surface area (Å²) in [6, 6.07) is 15.9. The van der Waals surface area contributed by atoms with Crippen LogP contribution in [0, 0.1) is 12.8 Å². The number of carbonyl (C=O) groups is 1. The first-order valence-corrected chi connectivity index (χ1v) is 15.2. The molecule has 0 unspecified atom stereocenters. The Kier molecular flexibility index (Phi) is 11.1. The van der Waals surface area contributed by atoms with E-state index >= 15 is 0 Å². The van der Waals surface area contributed by atoms with E-state index in [4.69, 9.17) is 26.1 Å². The minimum Gasteiger partial charge on any atom is -0.493 e. The van der Waals surface area contributed by atoms with Crippen molar-refractivity contribution in [2.75, 3.05) is 33.9 Å². The van der Waals surface area contributed by atoms with Gasteiger partial charge in [0.05, 0.1) is 23.9 Å². The van der Waals surface area contributed by atoms with Crippen LogP contribution in [-0.4, -0.2) is 55.7 Å². The number of nitrogens with one attached hydrogen (secondary N) is 1. The lowest BCUT2D eigenvalue weighted by atomic mass is 9.94. The molecule has 220 valence electrons. The molecule has 0 aliphatic heterocycles. The molecule has 1 saturated carbocycles. The van der Waals surface area contributed by atoms with Crippen molar-refractivity contribution >= 4 is 17.5 Å². The molecule has 1 N–H and O–H groups in total. The van der Waals surface area contributed by atoms with Gasteiger partial charge in [-0.05, 0) is 93.7 Å². The first-order chi connectivity index (χ1) is 19.7. The summed E-state index contributed by atoms with van der Waals surface area (Å²) >= 11 is 6.54. The van der Waals surface area contributed by atoms with Crippen LogP contribution in [0.2, 0.25) is 5.02 Å². The Morgan fingerprint density at radius 1 is 1.02 bits per heavy atom. The van der Waals surface area contributed by atoms with Crippen molar-refractivity contribution in [3.63, 3.8) is 0 Å². The van der Waals surface area contributed by atoms with E-state index in [9.17, 15) is 4.79 Å². The van der Waals surface area contributed by atoms with E-state index in [0.29, 0.717) is 41.3 Å². The van der Waals surface area contributed by atoms with Crippen LogP contribution in [0.15, 0.2) is 48.5 Å². The fourth-order valence-corrected chi connectivity index (χ4v) is 5.27. The number of pyridine rings is 1. The van der Waals surface area contributed by atoms with Crippen molar-refractivity contribution in [1.82, 2.24) is 15.2 Å². The predicted molar refractivity (Wildman–Crippen MR) is 168 cm³/mol. The van der Waals surface area contributed by atoms with Crippen molar-refractivity contribution in [2.24, 2.45) is 5.92 Å². The minimum absolute atomic E-state index is 0.135. The molecule has 3 aromatic rings. The lowest BCUT2D eigenvalue weighted by Crippen LogP contribution is -2.36. The highest BCUT2D eigenvalue weighted by Crippen LogP contribution is 2.38. The monoisotopic (exact) mass is 577 g/mol. The van der Waals surface area contributed by atoms with Gasteiger partial charge >= 0.3 is 0 Å².